The van der Waals surface area contributed by atoms with Crippen LogP contribution in [-0.2, 0) is 4.79 Å². The molecular formula is C19H15ClFN3O2S2. The number of amides is 2. The lowest BCUT2D eigenvalue weighted by Gasteiger charge is -2.07. The Labute approximate surface area is 174 Å². The molecule has 1 heterocycles. The van der Waals surface area contributed by atoms with Gasteiger partial charge in [0.25, 0.3) is 5.91 Å². The van der Waals surface area contributed by atoms with E-state index in [-0.39, 0.29) is 22.2 Å². The van der Waals surface area contributed by atoms with Crippen molar-refractivity contribution < 1.29 is 14.0 Å². The highest BCUT2D eigenvalue weighted by Gasteiger charge is 2.21. The number of thioether (sulfide) groups is 1. The van der Waals surface area contributed by atoms with E-state index < -0.39 is 11.7 Å². The normalized spacial score (nSPS) is 10.5. The van der Waals surface area contributed by atoms with Crippen LogP contribution in [0.15, 0.2) is 52.9 Å². The van der Waals surface area contributed by atoms with E-state index in [0.29, 0.717) is 15.0 Å². The molecular weight excluding hydrogens is 421 g/mol. The average Bonchev–Trinajstić information content (AvgIpc) is 3.09. The quantitative estimate of drug-likeness (QED) is 0.551. The first-order valence-corrected chi connectivity index (χ1v) is 10.3. The van der Waals surface area contributed by atoms with Gasteiger partial charge in [0.15, 0.2) is 4.34 Å². The van der Waals surface area contributed by atoms with Crippen molar-refractivity contribution in [1.82, 2.24) is 10.3 Å². The zero-order chi connectivity index (χ0) is 20.1. The number of carbonyl (C=O) groups excluding carboxylic acids is 2. The molecule has 2 aromatic carbocycles. The van der Waals surface area contributed by atoms with Crippen LogP contribution in [0.4, 0.5) is 9.39 Å². The van der Waals surface area contributed by atoms with Gasteiger partial charge in [0.05, 0.1) is 16.3 Å². The van der Waals surface area contributed by atoms with Crippen molar-refractivity contribution in [3.8, 4) is 11.3 Å². The van der Waals surface area contributed by atoms with E-state index >= 15 is 0 Å². The number of carbonyl (C=O) groups is 2. The molecule has 0 saturated heterocycles. The number of nitrogens with one attached hydrogen (secondary N) is 2. The molecule has 0 bridgehead atoms. The van der Waals surface area contributed by atoms with E-state index in [2.05, 4.69) is 15.6 Å². The third-order valence-corrected chi connectivity index (χ3v) is 6.11. The summed E-state index contributed by atoms with van der Waals surface area (Å²) >= 11 is 8.46. The average molecular weight is 436 g/mol. The highest BCUT2D eigenvalue weighted by Crippen LogP contribution is 2.38. The second kappa shape index (κ2) is 9.18. The molecule has 3 rings (SSSR count). The Balaban J connectivity index is 1.93. The summed E-state index contributed by atoms with van der Waals surface area (Å²) in [6.07, 6.45) is 0. The minimum atomic E-state index is -0.704. The number of benzene rings is 2. The SMILES string of the molecule is CNC(=O)CSc1nc(-c2ccccc2)c(NC(=O)c2c(F)cccc2Cl)s1. The molecule has 3 aromatic rings. The lowest BCUT2D eigenvalue weighted by molar-refractivity contribution is -0.118. The molecule has 0 aliphatic rings. The van der Waals surface area contributed by atoms with E-state index in [1.165, 1.54) is 41.3 Å². The van der Waals surface area contributed by atoms with Crippen molar-refractivity contribution in [2.75, 3.05) is 18.1 Å². The van der Waals surface area contributed by atoms with Crippen LogP contribution in [-0.4, -0.2) is 29.6 Å². The number of halogens is 2. The smallest absolute Gasteiger partial charge is 0.260 e. The zero-order valence-electron chi connectivity index (χ0n) is 14.7. The van der Waals surface area contributed by atoms with Crippen LogP contribution in [0.1, 0.15) is 10.4 Å². The van der Waals surface area contributed by atoms with Crippen LogP contribution >= 0.6 is 34.7 Å². The molecule has 0 fully saturated rings. The summed E-state index contributed by atoms with van der Waals surface area (Å²) in [5.74, 6) is -1.30. The van der Waals surface area contributed by atoms with Gasteiger partial charge in [-0.1, -0.05) is 71.1 Å². The monoisotopic (exact) mass is 435 g/mol. The Hall–Kier alpha value is -2.42. The van der Waals surface area contributed by atoms with Gasteiger partial charge < -0.3 is 10.6 Å². The van der Waals surface area contributed by atoms with Crippen molar-refractivity contribution in [2.24, 2.45) is 0 Å². The zero-order valence-corrected chi connectivity index (χ0v) is 17.1. The standard InChI is InChI=1S/C19H15ClFN3O2S2/c1-22-14(25)10-27-19-23-16(11-6-3-2-4-7-11)18(28-19)24-17(26)15-12(20)8-5-9-13(15)21/h2-9H,10H2,1H3,(H,22,25)(H,24,26). The maximum Gasteiger partial charge on any atom is 0.260 e. The molecule has 0 unspecified atom stereocenters. The fraction of sp³-hybridized carbons (Fsp3) is 0.105. The number of anilines is 1. The minimum Gasteiger partial charge on any atom is -0.358 e. The number of thiazole rings is 1. The van der Waals surface area contributed by atoms with Crippen molar-refractivity contribution in [1.29, 1.82) is 0 Å². The van der Waals surface area contributed by atoms with Gasteiger partial charge >= 0.3 is 0 Å². The van der Waals surface area contributed by atoms with Crippen molar-refractivity contribution in [3.63, 3.8) is 0 Å². The third-order valence-electron chi connectivity index (χ3n) is 3.68. The topological polar surface area (TPSA) is 71.1 Å². The lowest BCUT2D eigenvalue weighted by atomic mass is 10.1. The number of nitrogens with zero attached hydrogens (tertiary/aromatic N) is 1. The Morgan fingerprint density at radius 3 is 2.61 bits per heavy atom. The molecule has 0 spiro atoms. The molecule has 0 atom stereocenters. The van der Waals surface area contributed by atoms with E-state index in [0.717, 1.165) is 5.56 Å². The second-order valence-corrected chi connectivity index (χ2v) is 8.16. The van der Waals surface area contributed by atoms with E-state index in [1.54, 1.807) is 7.05 Å². The summed E-state index contributed by atoms with van der Waals surface area (Å²) in [6, 6.07) is 13.3. The highest BCUT2D eigenvalue weighted by molar-refractivity contribution is 8.01. The molecule has 5 nitrogen and oxygen atoms in total. The maximum absolute atomic E-state index is 14.1. The second-order valence-electron chi connectivity index (χ2n) is 5.54. The third kappa shape index (κ3) is 4.70. The molecule has 0 radical (unpaired) electrons. The predicted molar refractivity (Wildman–Crippen MR) is 112 cm³/mol. The Kier molecular flexibility index (Phi) is 6.66. The molecule has 0 aliphatic carbocycles. The molecule has 2 N–H and O–H groups in total. The van der Waals surface area contributed by atoms with E-state index in [4.69, 9.17) is 11.6 Å². The van der Waals surface area contributed by atoms with Crippen LogP contribution in [0.3, 0.4) is 0 Å². The number of aromatic nitrogens is 1. The van der Waals surface area contributed by atoms with Crippen molar-refractivity contribution in [2.45, 2.75) is 4.34 Å². The van der Waals surface area contributed by atoms with Gasteiger partial charge in [0, 0.05) is 12.6 Å². The summed E-state index contributed by atoms with van der Waals surface area (Å²) in [6.45, 7) is 0. The molecule has 2 amide bonds. The van der Waals surface area contributed by atoms with E-state index in [1.807, 2.05) is 30.3 Å². The van der Waals surface area contributed by atoms with E-state index in [9.17, 15) is 14.0 Å². The predicted octanol–water partition coefficient (Wildman–Crippen LogP) is 4.69. The van der Waals surface area contributed by atoms with Gasteiger partial charge in [-0.15, -0.1) is 0 Å². The summed E-state index contributed by atoms with van der Waals surface area (Å²) in [7, 11) is 1.56. The van der Waals surface area contributed by atoms with Crippen molar-refractivity contribution >= 4 is 51.5 Å². The summed E-state index contributed by atoms with van der Waals surface area (Å²) in [5, 5.41) is 5.73. The minimum absolute atomic E-state index is 0.0255. The summed E-state index contributed by atoms with van der Waals surface area (Å²) < 4.78 is 14.7. The van der Waals surface area contributed by atoms with Crippen LogP contribution in [0.25, 0.3) is 11.3 Å². The Morgan fingerprint density at radius 1 is 1.18 bits per heavy atom. The maximum atomic E-state index is 14.1. The largest absolute Gasteiger partial charge is 0.358 e. The molecule has 144 valence electrons. The number of hydrogen-bond acceptors (Lipinski definition) is 5. The summed E-state index contributed by atoms with van der Waals surface area (Å²) in [4.78, 5) is 28.7. The Morgan fingerprint density at radius 2 is 1.93 bits per heavy atom. The first-order valence-electron chi connectivity index (χ1n) is 8.14. The molecule has 0 saturated carbocycles. The molecule has 0 aliphatic heterocycles. The molecule has 1 aromatic heterocycles. The fourth-order valence-corrected chi connectivity index (χ4v) is 4.50. The van der Waals surface area contributed by atoms with Crippen LogP contribution in [0.2, 0.25) is 5.02 Å². The lowest BCUT2D eigenvalue weighted by Crippen LogP contribution is -2.19. The van der Waals surface area contributed by atoms with Gasteiger partial charge in [-0.25, -0.2) is 9.37 Å². The van der Waals surface area contributed by atoms with Gasteiger partial charge in [-0.2, -0.15) is 0 Å². The summed E-state index contributed by atoms with van der Waals surface area (Å²) in [5.41, 5.74) is 1.11. The van der Waals surface area contributed by atoms with Gasteiger partial charge in [0.1, 0.15) is 16.5 Å². The first kappa shape index (κ1) is 20.3. The number of hydrogen-bond donors (Lipinski definition) is 2. The van der Waals surface area contributed by atoms with Crippen LogP contribution in [0.5, 0.6) is 0 Å². The Bertz CT molecular complexity index is 991. The van der Waals surface area contributed by atoms with Crippen molar-refractivity contribution in [3.05, 3.63) is 64.9 Å². The van der Waals surface area contributed by atoms with Gasteiger partial charge in [0.2, 0.25) is 5.91 Å². The molecule has 9 heteroatoms. The van der Waals surface area contributed by atoms with Gasteiger partial charge in [-0.3, -0.25) is 9.59 Å². The highest BCUT2D eigenvalue weighted by atomic mass is 35.5. The molecule has 28 heavy (non-hydrogen) atoms. The van der Waals surface area contributed by atoms with Gasteiger partial charge in [-0.05, 0) is 12.1 Å². The first-order chi connectivity index (χ1) is 13.5. The van der Waals surface area contributed by atoms with Crippen LogP contribution < -0.4 is 10.6 Å². The van der Waals surface area contributed by atoms with Crippen LogP contribution in [0, 0.1) is 5.82 Å². The fourth-order valence-electron chi connectivity index (χ4n) is 2.32. The number of rotatable bonds is 6.